The summed E-state index contributed by atoms with van der Waals surface area (Å²) in [5.41, 5.74) is 3.40. The fourth-order valence-electron chi connectivity index (χ4n) is 4.84. The molecule has 0 saturated heterocycles. The highest BCUT2D eigenvalue weighted by atomic mass is 79.9. The number of carbonyl (C=O) groups is 1. The number of esters is 1. The molecule has 0 amide bonds. The molecule has 5 rings (SSSR count). The molecule has 2 heterocycles. The van der Waals surface area contributed by atoms with E-state index >= 15 is 0 Å². The standard InChI is InChI=1S/C33H28BrN3O6S/c1-5-42-32(39)28-19(2)36-33-37(29(28)23-10-12-24(40-3)13-11-23)31(38)27(44-33)16-22-14-25(34)30(26(15-22)41-4)43-18-21-8-6-20(17-35)7-9-21/h6-16,29H,5,18H2,1-4H3/b27-16+/t29-/m1/s1. The van der Waals surface area contributed by atoms with Crippen LogP contribution in [0.15, 0.2) is 86.2 Å². The number of thiazole rings is 1. The molecule has 3 aromatic carbocycles. The number of halogens is 1. The number of carbonyl (C=O) groups excluding carboxylic acids is 1. The van der Waals surface area contributed by atoms with Crippen LogP contribution < -0.4 is 29.1 Å². The van der Waals surface area contributed by atoms with Gasteiger partial charge < -0.3 is 18.9 Å². The molecule has 224 valence electrons. The molecule has 0 unspecified atom stereocenters. The smallest absolute Gasteiger partial charge is 0.338 e. The second-order valence-corrected chi connectivity index (χ2v) is 11.6. The van der Waals surface area contributed by atoms with Crippen molar-refractivity contribution in [2.75, 3.05) is 20.8 Å². The van der Waals surface area contributed by atoms with E-state index in [9.17, 15) is 9.59 Å². The lowest BCUT2D eigenvalue weighted by Crippen LogP contribution is -2.39. The SMILES string of the molecule is CCOC(=O)C1=C(C)N=c2s/c(=C/c3cc(Br)c(OCc4ccc(C#N)cc4)c(OC)c3)c(=O)n2[C@@H]1c1ccc(OC)cc1. The van der Waals surface area contributed by atoms with Gasteiger partial charge >= 0.3 is 5.97 Å². The summed E-state index contributed by atoms with van der Waals surface area (Å²) in [5, 5.41) is 9.03. The second kappa shape index (κ2) is 13.3. The van der Waals surface area contributed by atoms with Crippen molar-refractivity contribution in [1.82, 2.24) is 4.57 Å². The highest BCUT2D eigenvalue weighted by Gasteiger charge is 2.33. The molecule has 0 fully saturated rings. The van der Waals surface area contributed by atoms with Gasteiger partial charge in [0, 0.05) is 0 Å². The topological polar surface area (TPSA) is 112 Å². The first-order valence-corrected chi connectivity index (χ1v) is 15.2. The molecule has 0 saturated carbocycles. The number of rotatable bonds is 9. The Morgan fingerprint density at radius 2 is 1.84 bits per heavy atom. The molecule has 0 N–H and O–H groups in total. The summed E-state index contributed by atoms with van der Waals surface area (Å²) in [6.45, 7) is 3.95. The predicted octanol–water partition coefficient (Wildman–Crippen LogP) is 5.03. The van der Waals surface area contributed by atoms with Crippen LogP contribution in [0, 0.1) is 11.3 Å². The van der Waals surface area contributed by atoms with Crippen molar-refractivity contribution in [1.29, 1.82) is 5.26 Å². The summed E-state index contributed by atoms with van der Waals surface area (Å²) in [5.74, 6) is 1.12. The second-order valence-electron chi connectivity index (χ2n) is 9.71. The monoisotopic (exact) mass is 673 g/mol. The Balaban J connectivity index is 1.55. The largest absolute Gasteiger partial charge is 0.497 e. The van der Waals surface area contributed by atoms with Gasteiger partial charge in [0.2, 0.25) is 0 Å². The number of allylic oxidation sites excluding steroid dienone is 1. The van der Waals surface area contributed by atoms with Crippen LogP contribution in [0.4, 0.5) is 0 Å². The van der Waals surface area contributed by atoms with Gasteiger partial charge in [-0.05, 0) is 88.9 Å². The van der Waals surface area contributed by atoms with Crippen molar-refractivity contribution >= 4 is 39.3 Å². The van der Waals surface area contributed by atoms with E-state index in [2.05, 4.69) is 27.0 Å². The maximum atomic E-state index is 14.0. The summed E-state index contributed by atoms with van der Waals surface area (Å²) in [7, 11) is 3.12. The van der Waals surface area contributed by atoms with Crippen molar-refractivity contribution in [3.8, 4) is 23.3 Å². The van der Waals surface area contributed by atoms with Crippen LogP contribution in [0.2, 0.25) is 0 Å². The number of ether oxygens (including phenoxy) is 4. The van der Waals surface area contributed by atoms with Gasteiger partial charge in [0.05, 0.1) is 58.8 Å². The molecule has 0 aliphatic carbocycles. The van der Waals surface area contributed by atoms with Crippen LogP contribution in [-0.2, 0) is 16.1 Å². The first-order valence-electron chi connectivity index (χ1n) is 13.6. The molecule has 1 aliphatic rings. The maximum Gasteiger partial charge on any atom is 0.338 e. The number of benzene rings is 3. The Hall–Kier alpha value is -4.66. The number of hydrogen-bond donors (Lipinski definition) is 0. The van der Waals surface area contributed by atoms with Gasteiger partial charge in [0.15, 0.2) is 16.3 Å². The van der Waals surface area contributed by atoms with Crippen LogP contribution in [0.1, 0.15) is 42.1 Å². The van der Waals surface area contributed by atoms with Crippen molar-refractivity contribution in [3.63, 3.8) is 0 Å². The summed E-state index contributed by atoms with van der Waals surface area (Å²) < 4.78 is 25.0. The molecule has 1 aliphatic heterocycles. The van der Waals surface area contributed by atoms with Gasteiger partial charge in [0.25, 0.3) is 5.56 Å². The molecule has 1 aromatic heterocycles. The van der Waals surface area contributed by atoms with Crippen LogP contribution >= 0.6 is 27.3 Å². The summed E-state index contributed by atoms with van der Waals surface area (Å²) >= 11 is 4.82. The third-order valence-electron chi connectivity index (χ3n) is 6.96. The van der Waals surface area contributed by atoms with Gasteiger partial charge in [-0.15, -0.1) is 0 Å². The van der Waals surface area contributed by atoms with E-state index in [0.717, 1.165) is 11.1 Å². The van der Waals surface area contributed by atoms with Crippen molar-refractivity contribution in [3.05, 3.63) is 118 Å². The minimum atomic E-state index is -0.724. The summed E-state index contributed by atoms with van der Waals surface area (Å²) in [6, 6.07) is 19.4. The van der Waals surface area contributed by atoms with Crippen molar-refractivity contribution in [2.24, 2.45) is 4.99 Å². The molecule has 0 radical (unpaired) electrons. The molecule has 9 nitrogen and oxygen atoms in total. The Morgan fingerprint density at radius 3 is 2.48 bits per heavy atom. The lowest BCUT2D eigenvalue weighted by atomic mass is 9.96. The molecule has 44 heavy (non-hydrogen) atoms. The summed E-state index contributed by atoms with van der Waals surface area (Å²) in [6.07, 6.45) is 1.76. The maximum absolute atomic E-state index is 14.0. The predicted molar refractivity (Wildman–Crippen MR) is 170 cm³/mol. The van der Waals surface area contributed by atoms with Crippen LogP contribution in [0.3, 0.4) is 0 Å². The number of nitrogens with zero attached hydrogens (tertiary/aromatic N) is 3. The molecular weight excluding hydrogens is 646 g/mol. The van der Waals surface area contributed by atoms with Gasteiger partial charge in [-0.3, -0.25) is 9.36 Å². The van der Waals surface area contributed by atoms with E-state index < -0.39 is 12.0 Å². The third-order valence-corrected chi connectivity index (χ3v) is 8.54. The number of aromatic nitrogens is 1. The third kappa shape index (κ3) is 6.18. The highest BCUT2D eigenvalue weighted by Crippen LogP contribution is 2.37. The first kappa shape index (κ1) is 30.8. The quantitative estimate of drug-likeness (QED) is 0.229. The van der Waals surface area contributed by atoms with E-state index in [1.165, 1.54) is 11.3 Å². The average molecular weight is 675 g/mol. The fourth-order valence-corrected chi connectivity index (χ4v) is 6.46. The average Bonchev–Trinajstić information content (AvgIpc) is 3.33. The van der Waals surface area contributed by atoms with E-state index in [-0.39, 0.29) is 18.8 Å². The minimum Gasteiger partial charge on any atom is -0.497 e. The number of hydrogen-bond acceptors (Lipinski definition) is 9. The van der Waals surface area contributed by atoms with Crippen LogP contribution in [0.5, 0.6) is 17.2 Å². The molecule has 1 atom stereocenters. The minimum absolute atomic E-state index is 0.194. The van der Waals surface area contributed by atoms with Gasteiger partial charge in [0.1, 0.15) is 12.4 Å². The molecule has 11 heteroatoms. The lowest BCUT2D eigenvalue weighted by molar-refractivity contribution is -0.139. The zero-order valence-electron chi connectivity index (χ0n) is 24.4. The van der Waals surface area contributed by atoms with Crippen LogP contribution in [-0.4, -0.2) is 31.4 Å². The zero-order valence-corrected chi connectivity index (χ0v) is 26.8. The van der Waals surface area contributed by atoms with E-state index in [1.807, 2.05) is 30.3 Å². The zero-order chi connectivity index (χ0) is 31.4. The van der Waals surface area contributed by atoms with Crippen molar-refractivity contribution < 1.29 is 23.7 Å². The van der Waals surface area contributed by atoms with E-state index in [1.54, 1.807) is 69.0 Å². The Kier molecular flexibility index (Phi) is 9.32. The number of methoxy groups -OCH3 is 2. The van der Waals surface area contributed by atoms with E-state index in [0.29, 0.717) is 53.5 Å². The Labute approximate surface area is 266 Å². The number of fused-ring (bicyclic) bond motifs is 1. The number of nitriles is 1. The van der Waals surface area contributed by atoms with Gasteiger partial charge in [-0.1, -0.05) is 35.6 Å². The molecular formula is C33H28BrN3O6S. The van der Waals surface area contributed by atoms with E-state index in [4.69, 9.17) is 24.2 Å². The normalized spacial score (nSPS) is 14.4. The Morgan fingerprint density at radius 1 is 1.11 bits per heavy atom. The Bertz CT molecular complexity index is 1970. The fraction of sp³-hybridized carbons (Fsp3) is 0.212. The van der Waals surface area contributed by atoms with Crippen LogP contribution in [0.25, 0.3) is 6.08 Å². The first-order chi connectivity index (χ1) is 21.3. The van der Waals surface area contributed by atoms with Gasteiger partial charge in [-0.25, -0.2) is 9.79 Å². The highest BCUT2D eigenvalue weighted by molar-refractivity contribution is 9.10. The molecule has 0 bridgehead atoms. The van der Waals surface area contributed by atoms with Gasteiger partial charge in [-0.2, -0.15) is 5.26 Å². The molecule has 4 aromatic rings. The summed E-state index contributed by atoms with van der Waals surface area (Å²) in [4.78, 5) is 32.2. The van der Waals surface area contributed by atoms with Crippen molar-refractivity contribution in [2.45, 2.75) is 26.5 Å². The molecule has 0 spiro atoms. The lowest BCUT2D eigenvalue weighted by Gasteiger charge is -2.24.